The molecule has 8 N–H and O–H groups in total. The third-order valence-corrected chi connectivity index (χ3v) is 4.21. The maximum Gasteiger partial charge on any atom is 0.326 e. The van der Waals surface area contributed by atoms with Gasteiger partial charge in [0.25, 0.3) is 0 Å². The van der Waals surface area contributed by atoms with Crippen molar-refractivity contribution in [3.63, 3.8) is 0 Å². The van der Waals surface area contributed by atoms with Crippen LogP contribution in [0.4, 0.5) is 0 Å². The zero-order valence-electron chi connectivity index (χ0n) is 16.0. The van der Waals surface area contributed by atoms with Crippen molar-refractivity contribution >= 4 is 23.8 Å². The molecule has 2 amide bonds. The van der Waals surface area contributed by atoms with Crippen LogP contribution >= 0.6 is 0 Å². The van der Waals surface area contributed by atoms with E-state index in [9.17, 15) is 24.3 Å². The predicted octanol–water partition coefficient (Wildman–Crippen LogP) is -0.786. The third-order valence-electron chi connectivity index (χ3n) is 4.21. The molecule has 0 aliphatic carbocycles. The van der Waals surface area contributed by atoms with Crippen LogP contribution in [0.2, 0.25) is 0 Å². The largest absolute Gasteiger partial charge is 0.481 e. The summed E-state index contributed by atoms with van der Waals surface area (Å²) in [4.78, 5) is 47.1. The number of hydrogen-bond donors (Lipinski definition) is 6. The molecule has 10 nitrogen and oxygen atoms in total. The second kappa shape index (κ2) is 12.5. The number of carbonyl (C=O) groups is 4. The lowest BCUT2D eigenvalue weighted by atomic mass is 10.0. The molecule has 29 heavy (non-hydrogen) atoms. The van der Waals surface area contributed by atoms with E-state index in [0.717, 1.165) is 5.56 Å². The van der Waals surface area contributed by atoms with Gasteiger partial charge in [-0.15, -0.1) is 0 Å². The molecule has 0 heterocycles. The van der Waals surface area contributed by atoms with E-state index in [-0.39, 0.29) is 12.8 Å². The highest BCUT2D eigenvalue weighted by atomic mass is 16.4. The van der Waals surface area contributed by atoms with Crippen LogP contribution < -0.4 is 22.1 Å². The summed E-state index contributed by atoms with van der Waals surface area (Å²) >= 11 is 0. The molecule has 0 unspecified atom stereocenters. The first-order valence-electron chi connectivity index (χ1n) is 9.29. The van der Waals surface area contributed by atoms with Gasteiger partial charge < -0.3 is 32.3 Å². The highest BCUT2D eigenvalue weighted by Gasteiger charge is 2.28. The molecule has 0 bridgehead atoms. The Bertz CT molecular complexity index is 697. The minimum absolute atomic E-state index is 0.0906. The molecule has 3 atom stereocenters. The Hall–Kier alpha value is -2.98. The van der Waals surface area contributed by atoms with Crippen LogP contribution in [0, 0.1) is 0 Å². The Labute approximate surface area is 168 Å². The van der Waals surface area contributed by atoms with Crippen LogP contribution in [0.25, 0.3) is 0 Å². The molecule has 0 aliphatic rings. The van der Waals surface area contributed by atoms with Gasteiger partial charge in [-0.05, 0) is 31.4 Å². The average molecular weight is 408 g/mol. The van der Waals surface area contributed by atoms with Crippen LogP contribution in [-0.4, -0.2) is 58.6 Å². The van der Waals surface area contributed by atoms with Crippen molar-refractivity contribution in [1.82, 2.24) is 10.6 Å². The van der Waals surface area contributed by atoms with Crippen LogP contribution in [-0.2, 0) is 25.6 Å². The van der Waals surface area contributed by atoms with Crippen molar-refractivity contribution in [2.45, 2.75) is 50.2 Å². The maximum absolute atomic E-state index is 12.7. The number of unbranched alkanes of at least 4 members (excludes halogenated alkanes) is 1. The molecular weight excluding hydrogens is 380 g/mol. The van der Waals surface area contributed by atoms with Crippen molar-refractivity contribution in [3.05, 3.63) is 35.9 Å². The predicted molar refractivity (Wildman–Crippen MR) is 105 cm³/mol. The lowest BCUT2D eigenvalue weighted by molar-refractivity contribution is -0.143. The number of amides is 2. The first-order valence-corrected chi connectivity index (χ1v) is 9.29. The average Bonchev–Trinajstić information content (AvgIpc) is 2.66. The van der Waals surface area contributed by atoms with Gasteiger partial charge in [0.1, 0.15) is 12.1 Å². The molecule has 0 spiro atoms. The van der Waals surface area contributed by atoms with Gasteiger partial charge >= 0.3 is 11.9 Å². The summed E-state index contributed by atoms with van der Waals surface area (Å²) < 4.78 is 0. The van der Waals surface area contributed by atoms with Gasteiger partial charge in [-0.2, -0.15) is 0 Å². The standard InChI is InChI=1S/C19H28N4O6/c20-9-5-4-8-14(19(28)29)22-18(27)15(10-12-6-2-1-3-7-12)23-17(26)13(21)11-16(24)25/h1-3,6-7,13-15H,4-5,8-11,20-21H2,(H,22,27)(H,23,26)(H,24,25)(H,28,29)/t13-,14-,15-/m0/s1. The molecule has 0 saturated heterocycles. The molecule has 0 aliphatic heterocycles. The second-order valence-corrected chi connectivity index (χ2v) is 6.64. The number of hydrogen-bond acceptors (Lipinski definition) is 6. The molecule has 0 fully saturated rings. The van der Waals surface area contributed by atoms with E-state index in [0.29, 0.717) is 19.4 Å². The summed E-state index contributed by atoms with van der Waals surface area (Å²) in [5.74, 6) is -3.94. The van der Waals surface area contributed by atoms with Crippen molar-refractivity contribution in [2.75, 3.05) is 6.54 Å². The van der Waals surface area contributed by atoms with Crippen LogP contribution in [0.15, 0.2) is 30.3 Å². The number of rotatable bonds is 13. The first kappa shape index (κ1) is 24.1. The fourth-order valence-corrected chi connectivity index (χ4v) is 2.64. The number of benzene rings is 1. The fraction of sp³-hybridized carbons (Fsp3) is 0.474. The van der Waals surface area contributed by atoms with Crippen molar-refractivity contribution in [1.29, 1.82) is 0 Å². The molecule has 10 heteroatoms. The minimum Gasteiger partial charge on any atom is -0.481 e. The highest BCUT2D eigenvalue weighted by Crippen LogP contribution is 2.07. The second-order valence-electron chi connectivity index (χ2n) is 6.64. The van der Waals surface area contributed by atoms with Crippen LogP contribution in [0.1, 0.15) is 31.2 Å². The van der Waals surface area contributed by atoms with E-state index in [4.69, 9.17) is 16.6 Å². The molecule has 0 saturated carbocycles. The molecule has 1 aromatic rings. The molecular formula is C19H28N4O6. The van der Waals surface area contributed by atoms with Crippen LogP contribution in [0.5, 0.6) is 0 Å². The quantitative estimate of drug-likeness (QED) is 0.229. The summed E-state index contributed by atoms with van der Waals surface area (Å²) in [6.07, 6.45) is 0.833. The van der Waals surface area contributed by atoms with Gasteiger partial charge in [0.05, 0.1) is 12.5 Å². The topological polar surface area (TPSA) is 185 Å². The molecule has 0 aromatic heterocycles. The molecule has 0 radical (unpaired) electrons. The number of carboxylic acids is 2. The summed E-state index contributed by atoms with van der Waals surface area (Å²) in [5, 5.41) is 23.0. The first-order chi connectivity index (χ1) is 13.7. The number of aliphatic carboxylic acids is 2. The Morgan fingerprint density at radius 3 is 2.10 bits per heavy atom. The monoisotopic (exact) mass is 408 g/mol. The van der Waals surface area contributed by atoms with E-state index >= 15 is 0 Å². The molecule has 1 aromatic carbocycles. The van der Waals surface area contributed by atoms with Gasteiger partial charge in [0, 0.05) is 6.42 Å². The highest BCUT2D eigenvalue weighted by molar-refractivity contribution is 5.93. The SMILES string of the molecule is NCCCC[C@H](NC(=O)[C@H](Cc1ccccc1)NC(=O)[C@@H](N)CC(=O)O)C(=O)O. The van der Waals surface area contributed by atoms with E-state index < -0.39 is 48.3 Å². The Kier molecular flexibility index (Phi) is 10.3. The van der Waals surface area contributed by atoms with Crippen molar-refractivity contribution in [2.24, 2.45) is 11.5 Å². The van der Waals surface area contributed by atoms with E-state index in [1.165, 1.54) is 0 Å². The lowest BCUT2D eigenvalue weighted by Gasteiger charge is -2.23. The van der Waals surface area contributed by atoms with Crippen molar-refractivity contribution < 1.29 is 29.4 Å². The van der Waals surface area contributed by atoms with E-state index in [2.05, 4.69) is 10.6 Å². The molecule has 1 rings (SSSR count). The third kappa shape index (κ3) is 9.17. The number of carbonyl (C=O) groups excluding carboxylic acids is 2. The zero-order chi connectivity index (χ0) is 21.8. The Morgan fingerprint density at radius 2 is 1.55 bits per heavy atom. The van der Waals surface area contributed by atoms with Gasteiger partial charge in [0.15, 0.2) is 0 Å². The summed E-state index contributed by atoms with van der Waals surface area (Å²) in [6, 6.07) is 5.23. The van der Waals surface area contributed by atoms with E-state index in [1.807, 2.05) is 0 Å². The summed E-state index contributed by atoms with van der Waals surface area (Å²) in [5.41, 5.74) is 11.7. The van der Waals surface area contributed by atoms with Crippen LogP contribution in [0.3, 0.4) is 0 Å². The fourth-order valence-electron chi connectivity index (χ4n) is 2.64. The summed E-state index contributed by atoms with van der Waals surface area (Å²) in [7, 11) is 0. The lowest BCUT2D eigenvalue weighted by Crippen LogP contribution is -2.55. The zero-order valence-corrected chi connectivity index (χ0v) is 16.0. The Morgan fingerprint density at radius 1 is 0.931 bits per heavy atom. The van der Waals surface area contributed by atoms with Gasteiger partial charge in [-0.25, -0.2) is 4.79 Å². The summed E-state index contributed by atoms with van der Waals surface area (Å²) in [6.45, 7) is 0.411. The van der Waals surface area contributed by atoms with Gasteiger partial charge in [-0.1, -0.05) is 30.3 Å². The van der Waals surface area contributed by atoms with Crippen molar-refractivity contribution in [3.8, 4) is 0 Å². The van der Waals surface area contributed by atoms with Gasteiger partial charge in [0.2, 0.25) is 11.8 Å². The number of carboxylic acid groups (broad SMARTS) is 2. The maximum atomic E-state index is 12.7. The smallest absolute Gasteiger partial charge is 0.326 e. The van der Waals surface area contributed by atoms with Gasteiger partial charge in [-0.3, -0.25) is 14.4 Å². The van der Waals surface area contributed by atoms with E-state index in [1.54, 1.807) is 30.3 Å². The molecule has 160 valence electrons. The number of nitrogens with two attached hydrogens (primary N) is 2. The Balaban J connectivity index is 2.90. The number of nitrogens with one attached hydrogen (secondary N) is 2. The minimum atomic E-state index is -1.33. The normalized spacial score (nSPS) is 13.7.